The van der Waals surface area contributed by atoms with Crippen molar-refractivity contribution in [2.45, 2.75) is 12.8 Å². The summed E-state index contributed by atoms with van der Waals surface area (Å²) in [5, 5.41) is 10.3. The number of nitrogens with two attached hydrogens (primary N) is 1. The van der Waals surface area contributed by atoms with E-state index in [1.165, 1.54) is 0 Å². The Morgan fingerprint density at radius 1 is 1.45 bits per heavy atom. The Bertz CT molecular complexity index is 630. The van der Waals surface area contributed by atoms with Crippen LogP contribution in [0.2, 0.25) is 0 Å². The smallest absolute Gasteiger partial charge is 0.224 e. The number of hydrogen-bond acceptors (Lipinski definition) is 6. The zero-order chi connectivity index (χ0) is 14.1. The van der Waals surface area contributed by atoms with E-state index in [0.717, 1.165) is 37.1 Å². The Morgan fingerprint density at radius 2 is 2.20 bits per heavy atom. The number of rotatable bonds is 2. The number of hydrogen-bond donors (Lipinski definition) is 3. The monoisotopic (exact) mass is 275 g/mol. The van der Waals surface area contributed by atoms with Crippen molar-refractivity contribution in [3.8, 4) is 0 Å². The SMILES string of the molecule is CNC(=O)C1CCN(c2nc(N)nc3[nH]ncc23)CC1. The van der Waals surface area contributed by atoms with Crippen LogP contribution in [0.25, 0.3) is 11.0 Å². The molecule has 1 aliphatic heterocycles. The zero-order valence-electron chi connectivity index (χ0n) is 11.3. The molecule has 0 spiro atoms. The van der Waals surface area contributed by atoms with E-state index in [2.05, 4.69) is 30.4 Å². The average molecular weight is 275 g/mol. The van der Waals surface area contributed by atoms with Gasteiger partial charge in [-0.2, -0.15) is 15.1 Å². The number of nitrogen functional groups attached to an aromatic ring is 1. The molecule has 8 heteroatoms. The minimum absolute atomic E-state index is 0.0790. The lowest BCUT2D eigenvalue weighted by atomic mass is 9.96. The molecule has 0 unspecified atom stereocenters. The minimum atomic E-state index is 0.0790. The molecule has 8 nitrogen and oxygen atoms in total. The van der Waals surface area contributed by atoms with Gasteiger partial charge in [-0.1, -0.05) is 0 Å². The number of nitrogens with one attached hydrogen (secondary N) is 2. The Hall–Kier alpha value is -2.38. The van der Waals surface area contributed by atoms with Gasteiger partial charge >= 0.3 is 0 Å². The van der Waals surface area contributed by atoms with Crippen molar-refractivity contribution in [3.05, 3.63) is 6.20 Å². The molecule has 0 aromatic carbocycles. The first-order chi connectivity index (χ1) is 9.69. The van der Waals surface area contributed by atoms with Crippen LogP contribution < -0.4 is 16.0 Å². The zero-order valence-corrected chi connectivity index (χ0v) is 11.3. The molecule has 2 aromatic heterocycles. The number of fused-ring (bicyclic) bond motifs is 1. The van der Waals surface area contributed by atoms with Crippen LogP contribution in [0.3, 0.4) is 0 Å². The highest BCUT2D eigenvalue weighted by atomic mass is 16.1. The number of nitrogens with zero attached hydrogens (tertiary/aromatic N) is 4. The number of carbonyl (C=O) groups is 1. The van der Waals surface area contributed by atoms with Crippen LogP contribution in [-0.4, -0.2) is 46.2 Å². The largest absolute Gasteiger partial charge is 0.368 e. The topological polar surface area (TPSA) is 113 Å². The number of aromatic nitrogens is 4. The number of carbonyl (C=O) groups excluding carboxylic acids is 1. The van der Waals surface area contributed by atoms with Crippen molar-refractivity contribution in [2.24, 2.45) is 5.92 Å². The van der Waals surface area contributed by atoms with Gasteiger partial charge in [-0.25, -0.2) is 0 Å². The van der Waals surface area contributed by atoms with Crippen molar-refractivity contribution in [3.63, 3.8) is 0 Å². The Labute approximate surface area is 115 Å². The Balaban J connectivity index is 1.83. The summed E-state index contributed by atoms with van der Waals surface area (Å²) in [4.78, 5) is 22.2. The van der Waals surface area contributed by atoms with Crippen LogP contribution in [0.1, 0.15) is 12.8 Å². The third-order valence-corrected chi connectivity index (χ3v) is 3.72. The van der Waals surface area contributed by atoms with Gasteiger partial charge in [-0.3, -0.25) is 9.89 Å². The van der Waals surface area contributed by atoms with Crippen LogP contribution in [0.15, 0.2) is 6.20 Å². The summed E-state index contributed by atoms with van der Waals surface area (Å²) in [6.07, 6.45) is 3.32. The second-order valence-corrected chi connectivity index (χ2v) is 4.91. The van der Waals surface area contributed by atoms with E-state index < -0.39 is 0 Å². The van der Waals surface area contributed by atoms with Crippen molar-refractivity contribution < 1.29 is 4.79 Å². The van der Waals surface area contributed by atoms with Crippen LogP contribution in [0.4, 0.5) is 11.8 Å². The molecule has 20 heavy (non-hydrogen) atoms. The van der Waals surface area contributed by atoms with Crippen LogP contribution in [0, 0.1) is 5.92 Å². The second kappa shape index (κ2) is 4.95. The first-order valence-corrected chi connectivity index (χ1v) is 6.62. The van der Waals surface area contributed by atoms with E-state index in [-0.39, 0.29) is 17.8 Å². The van der Waals surface area contributed by atoms with Gasteiger partial charge < -0.3 is 16.0 Å². The normalized spacial score (nSPS) is 16.6. The van der Waals surface area contributed by atoms with Gasteiger partial charge in [0, 0.05) is 26.1 Å². The van der Waals surface area contributed by atoms with Gasteiger partial charge in [0.2, 0.25) is 11.9 Å². The van der Waals surface area contributed by atoms with Crippen LogP contribution in [0.5, 0.6) is 0 Å². The van der Waals surface area contributed by atoms with Crippen molar-refractivity contribution in [2.75, 3.05) is 30.8 Å². The molecular weight excluding hydrogens is 258 g/mol. The van der Waals surface area contributed by atoms with E-state index in [4.69, 9.17) is 5.73 Å². The van der Waals surface area contributed by atoms with Gasteiger partial charge in [0.15, 0.2) is 5.65 Å². The molecule has 1 fully saturated rings. The van der Waals surface area contributed by atoms with Gasteiger partial charge in [0.1, 0.15) is 5.82 Å². The number of H-pyrrole nitrogens is 1. The van der Waals surface area contributed by atoms with Crippen molar-refractivity contribution >= 4 is 28.7 Å². The Morgan fingerprint density at radius 3 is 2.90 bits per heavy atom. The third kappa shape index (κ3) is 2.13. The summed E-state index contributed by atoms with van der Waals surface area (Å²) in [7, 11) is 1.68. The lowest BCUT2D eigenvalue weighted by molar-refractivity contribution is -0.125. The van der Waals surface area contributed by atoms with Gasteiger partial charge in [0.05, 0.1) is 11.6 Å². The maximum Gasteiger partial charge on any atom is 0.224 e. The van der Waals surface area contributed by atoms with E-state index >= 15 is 0 Å². The number of piperidine rings is 1. The van der Waals surface area contributed by atoms with Gasteiger partial charge in [0.25, 0.3) is 0 Å². The molecule has 4 N–H and O–H groups in total. The molecule has 0 atom stereocenters. The van der Waals surface area contributed by atoms with Crippen LogP contribution >= 0.6 is 0 Å². The molecular formula is C12H17N7O. The highest BCUT2D eigenvalue weighted by Gasteiger charge is 2.26. The predicted molar refractivity (Wildman–Crippen MR) is 75.1 cm³/mol. The molecule has 106 valence electrons. The average Bonchev–Trinajstić information content (AvgIpc) is 2.94. The fourth-order valence-electron chi connectivity index (χ4n) is 2.64. The molecule has 0 radical (unpaired) electrons. The molecule has 1 saturated heterocycles. The third-order valence-electron chi connectivity index (χ3n) is 3.72. The number of anilines is 2. The molecule has 0 bridgehead atoms. The molecule has 3 rings (SSSR count). The quantitative estimate of drug-likeness (QED) is 0.705. The second-order valence-electron chi connectivity index (χ2n) is 4.91. The van der Waals surface area contributed by atoms with E-state index in [1.54, 1.807) is 13.2 Å². The predicted octanol–water partition coefficient (Wildman–Crippen LogP) is -0.102. The minimum Gasteiger partial charge on any atom is -0.368 e. The number of aromatic amines is 1. The summed E-state index contributed by atoms with van der Waals surface area (Å²) in [5.41, 5.74) is 6.37. The first kappa shape index (κ1) is 12.6. The Kier molecular flexibility index (Phi) is 3.13. The van der Waals surface area contributed by atoms with E-state index in [9.17, 15) is 4.79 Å². The summed E-state index contributed by atoms with van der Waals surface area (Å²) < 4.78 is 0. The van der Waals surface area contributed by atoms with Crippen LogP contribution in [-0.2, 0) is 4.79 Å². The van der Waals surface area contributed by atoms with Crippen molar-refractivity contribution in [1.82, 2.24) is 25.5 Å². The molecule has 3 heterocycles. The molecule has 1 aliphatic rings. The molecule has 2 aromatic rings. The molecule has 0 saturated carbocycles. The summed E-state index contributed by atoms with van der Waals surface area (Å²) in [6.45, 7) is 1.55. The summed E-state index contributed by atoms with van der Waals surface area (Å²) >= 11 is 0. The highest BCUT2D eigenvalue weighted by molar-refractivity contribution is 5.87. The molecule has 0 aliphatic carbocycles. The lowest BCUT2D eigenvalue weighted by Gasteiger charge is -2.32. The fourth-order valence-corrected chi connectivity index (χ4v) is 2.64. The first-order valence-electron chi connectivity index (χ1n) is 6.62. The van der Waals surface area contributed by atoms with Gasteiger partial charge in [-0.05, 0) is 12.8 Å². The van der Waals surface area contributed by atoms with E-state index in [0.29, 0.717) is 5.65 Å². The molecule has 1 amide bonds. The highest BCUT2D eigenvalue weighted by Crippen LogP contribution is 2.27. The van der Waals surface area contributed by atoms with Gasteiger partial charge in [-0.15, -0.1) is 0 Å². The lowest BCUT2D eigenvalue weighted by Crippen LogP contribution is -2.40. The maximum absolute atomic E-state index is 11.6. The number of amides is 1. The summed E-state index contributed by atoms with van der Waals surface area (Å²) in [6, 6.07) is 0. The van der Waals surface area contributed by atoms with Crippen molar-refractivity contribution in [1.29, 1.82) is 0 Å². The fraction of sp³-hybridized carbons (Fsp3) is 0.500. The standard InChI is InChI=1S/C12H17N7O/c1-14-11(20)7-2-4-19(5-3-7)10-8-6-15-18-9(8)16-12(13)17-10/h6-7H,2-5H2,1H3,(H,14,20)(H3,13,15,16,17,18). The maximum atomic E-state index is 11.6. The summed E-state index contributed by atoms with van der Waals surface area (Å²) in [5.74, 6) is 1.21. The van der Waals surface area contributed by atoms with E-state index in [1.807, 2.05) is 0 Å².